The van der Waals surface area contributed by atoms with Crippen LogP contribution in [0.5, 0.6) is 5.75 Å². The van der Waals surface area contributed by atoms with Gasteiger partial charge in [0.15, 0.2) is 0 Å². The lowest BCUT2D eigenvalue weighted by atomic mass is 9.79. The number of anilines is 3. The Kier molecular flexibility index (Phi) is 9.31. The van der Waals surface area contributed by atoms with Gasteiger partial charge in [-0.15, -0.1) is 0 Å². The van der Waals surface area contributed by atoms with Crippen molar-refractivity contribution >= 4 is 42.2 Å². The van der Waals surface area contributed by atoms with Crippen LogP contribution in [-0.2, 0) is 18.6 Å². The predicted octanol–water partition coefficient (Wildman–Crippen LogP) is 7.71. The first-order valence-corrected chi connectivity index (χ1v) is 16.2. The molecular formula is C36H49B2NO5. The summed E-state index contributed by atoms with van der Waals surface area (Å²) in [6.07, 6.45) is 4.75. The summed E-state index contributed by atoms with van der Waals surface area (Å²) >= 11 is 0. The van der Waals surface area contributed by atoms with E-state index in [2.05, 4.69) is 140 Å². The molecule has 2 heterocycles. The van der Waals surface area contributed by atoms with E-state index in [9.17, 15) is 0 Å². The molecule has 0 aromatic heterocycles. The maximum absolute atomic E-state index is 6.30. The maximum Gasteiger partial charge on any atom is 0.494 e. The predicted molar refractivity (Wildman–Crippen MR) is 182 cm³/mol. The SMILES string of the molecule is CCCCCCOc1ccc(N(c2ccc(B3OC(C)(C)C(C)(C)O3)cc2)c2ccc(B3OC(C)(C)C(C)(C)O3)cc2)cc1. The molecule has 44 heavy (non-hydrogen) atoms. The topological polar surface area (TPSA) is 49.4 Å². The molecule has 3 aromatic carbocycles. The molecule has 0 aliphatic carbocycles. The molecule has 0 bridgehead atoms. The van der Waals surface area contributed by atoms with Crippen molar-refractivity contribution in [2.24, 2.45) is 0 Å². The molecule has 0 N–H and O–H groups in total. The molecule has 8 heteroatoms. The van der Waals surface area contributed by atoms with Gasteiger partial charge >= 0.3 is 14.2 Å². The lowest BCUT2D eigenvalue weighted by Crippen LogP contribution is -2.41. The third-order valence-corrected chi connectivity index (χ3v) is 9.71. The van der Waals surface area contributed by atoms with Gasteiger partial charge in [0.2, 0.25) is 0 Å². The summed E-state index contributed by atoms with van der Waals surface area (Å²) in [6.45, 7) is 19.6. The molecule has 2 fully saturated rings. The minimum absolute atomic E-state index is 0.388. The largest absolute Gasteiger partial charge is 0.494 e. The minimum Gasteiger partial charge on any atom is -0.494 e. The molecule has 3 aromatic rings. The van der Waals surface area contributed by atoms with Gasteiger partial charge in [0.05, 0.1) is 29.0 Å². The summed E-state index contributed by atoms with van der Waals surface area (Å²) in [5.74, 6) is 0.886. The Balaban J connectivity index is 1.40. The average molecular weight is 597 g/mol. The summed E-state index contributed by atoms with van der Waals surface area (Å²) in [5.41, 5.74) is 3.54. The van der Waals surface area contributed by atoms with Crippen LogP contribution in [0.3, 0.4) is 0 Å². The van der Waals surface area contributed by atoms with Crippen molar-refractivity contribution in [3.05, 3.63) is 72.8 Å². The molecule has 2 aliphatic heterocycles. The van der Waals surface area contributed by atoms with E-state index in [0.29, 0.717) is 0 Å². The molecule has 6 nitrogen and oxygen atoms in total. The zero-order chi connectivity index (χ0) is 31.8. The maximum atomic E-state index is 6.30. The number of rotatable bonds is 11. The van der Waals surface area contributed by atoms with Crippen LogP contribution < -0.4 is 20.6 Å². The van der Waals surface area contributed by atoms with Crippen molar-refractivity contribution in [3.8, 4) is 5.75 Å². The first kappa shape index (κ1) is 32.6. The molecule has 5 rings (SSSR count). The molecular weight excluding hydrogens is 548 g/mol. The third-order valence-electron chi connectivity index (χ3n) is 9.71. The molecule has 234 valence electrons. The third kappa shape index (κ3) is 6.74. The summed E-state index contributed by atoms with van der Waals surface area (Å²) in [7, 11) is -0.814. The fourth-order valence-corrected chi connectivity index (χ4v) is 5.38. The highest BCUT2D eigenvalue weighted by atomic mass is 16.7. The first-order chi connectivity index (χ1) is 20.7. The number of benzene rings is 3. The Morgan fingerprint density at radius 3 is 1.25 bits per heavy atom. The molecule has 0 spiro atoms. The van der Waals surface area contributed by atoms with Gasteiger partial charge in [0.1, 0.15) is 5.75 Å². The smallest absolute Gasteiger partial charge is 0.494 e. The van der Waals surface area contributed by atoms with E-state index in [-0.39, 0.29) is 22.4 Å². The summed E-state index contributed by atoms with van der Waals surface area (Å²) in [5, 5.41) is 0. The number of hydrogen-bond donors (Lipinski definition) is 0. The fraction of sp³-hybridized carbons (Fsp3) is 0.500. The van der Waals surface area contributed by atoms with Crippen LogP contribution in [0.15, 0.2) is 72.8 Å². The second-order valence-corrected chi connectivity index (χ2v) is 14.1. The highest BCUT2D eigenvalue weighted by Gasteiger charge is 2.52. The van der Waals surface area contributed by atoms with Crippen LogP contribution in [-0.4, -0.2) is 43.2 Å². The van der Waals surface area contributed by atoms with Crippen molar-refractivity contribution in [2.45, 2.75) is 110 Å². The van der Waals surface area contributed by atoms with Crippen molar-refractivity contribution in [3.63, 3.8) is 0 Å². The fourth-order valence-electron chi connectivity index (χ4n) is 5.38. The highest BCUT2D eigenvalue weighted by Crippen LogP contribution is 2.39. The van der Waals surface area contributed by atoms with Gasteiger partial charge in [-0.2, -0.15) is 0 Å². The van der Waals surface area contributed by atoms with Crippen LogP contribution in [0, 0.1) is 0 Å². The highest BCUT2D eigenvalue weighted by molar-refractivity contribution is 6.62. The number of nitrogens with zero attached hydrogens (tertiary/aromatic N) is 1. The van der Waals surface area contributed by atoms with Gasteiger partial charge in [-0.05, 0) is 121 Å². The van der Waals surface area contributed by atoms with Gasteiger partial charge in [-0.25, -0.2) is 0 Å². The summed E-state index contributed by atoms with van der Waals surface area (Å²) in [6, 6.07) is 25.2. The van der Waals surface area contributed by atoms with E-state index < -0.39 is 14.2 Å². The average Bonchev–Trinajstić information content (AvgIpc) is 3.34. The van der Waals surface area contributed by atoms with Gasteiger partial charge in [0.25, 0.3) is 0 Å². The minimum atomic E-state index is -0.407. The number of unbranched alkanes of at least 4 members (excludes halogenated alkanes) is 3. The Hall–Kier alpha value is -2.77. The van der Waals surface area contributed by atoms with Crippen LogP contribution in [0.25, 0.3) is 0 Å². The second-order valence-electron chi connectivity index (χ2n) is 14.1. The van der Waals surface area contributed by atoms with Gasteiger partial charge < -0.3 is 28.3 Å². The van der Waals surface area contributed by atoms with E-state index in [4.69, 9.17) is 23.4 Å². The van der Waals surface area contributed by atoms with Crippen molar-refractivity contribution in [1.29, 1.82) is 0 Å². The number of hydrogen-bond acceptors (Lipinski definition) is 6. The van der Waals surface area contributed by atoms with Crippen molar-refractivity contribution in [2.75, 3.05) is 11.5 Å². The molecule has 2 saturated heterocycles. The van der Waals surface area contributed by atoms with Gasteiger partial charge in [0, 0.05) is 17.1 Å². The van der Waals surface area contributed by atoms with Crippen molar-refractivity contribution < 1.29 is 23.4 Å². The van der Waals surface area contributed by atoms with Crippen LogP contribution in [0.1, 0.15) is 88.0 Å². The summed E-state index contributed by atoms with van der Waals surface area (Å²) in [4.78, 5) is 2.24. The zero-order valence-electron chi connectivity index (χ0n) is 28.1. The summed E-state index contributed by atoms with van der Waals surface area (Å²) < 4.78 is 31.3. The first-order valence-electron chi connectivity index (χ1n) is 16.2. The molecule has 0 unspecified atom stereocenters. The Morgan fingerprint density at radius 2 is 0.886 bits per heavy atom. The number of ether oxygens (including phenoxy) is 1. The molecule has 0 amide bonds. The van der Waals surface area contributed by atoms with Gasteiger partial charge in [-0.3, -0.25) is 0 Å². The van der Waals surface area contributed by atoms with Crippen LogP contribution in [0.2, 0.25) is 0 Å². The zero-order valence-corrected chi connectivity index (χ0v) is 28.1. The van der Waals surface area contributed by atoms with Crippen LogP contribution in [0.4, 0.5) is 17.1 Å². The monoisotopic (exact) mass is 597 g/mol. The van der Waals surface area contributed by atoms with Crippen LogP contribution >= 0.6 is 0 Å². The molecule has 0 radical (unpaired) electrons. The Labute approximate surface area is 265 Å². The van der Waals surface area contributed by atoms with E-state index in [1.54, 1.807) is 0 Å². The normalized spacial score (nSPS) is 19.8. The lowest BCUT2D eigenvalue weighted by Gasteiger charge is -2.32. The molecule has 0 atom stereocenters. The van der Waals surface area contributed by atoms with E-state index in [1.807, 2.05) is 0 Å². The van der Waals surface area contributed by atoms with E-state index >= 15 is 0 Å². The standard InChI is InChI=1S/C36H49B2NO5/c1-10-11-12-13-26-40-32-24-22-31(23-25-32)39(29-18-14-27(15-19-29)37-41-33(2,3)34(4,5)42-37)30-20-16-28(17-21-30)38-43-35(6,7)36(8,9)44-38/h14-25H,10-13,26H2,1-9H3. The Bertz CT molecular complexity index is 1280. The van der Waals surface area contributed by atoms with Gasteiger partial charge in [-0.1, -0.05) is 50.5 Å². The van der Waals surface area contributed by atoms with Crippen molar-refractivity contribution in [1.82, 2.24) is 0 Å². The second kappa shape index (κ2) is 12.6. The lowest BCUT2D eigenvalue weighted by molar-refractivity contribution is 0.00578. The quantitative estimate of drug-likeness (QED) is 0.167. The molecule has 0 saturated carbocycles. The Morgan fingerprint density at radius 1 is 0.523 bits per heavy atom. The van der Waals surface area contributed by atoms with E-state index in [0.717, 1.165) is 46.8 Å². The van der Waals surface area contributed by atoms with E-state index in [1.165, 1.54) is 19.3 Å². The molecule has 2 aliphatic rings.